The molecule has 0 unspecified atom stereocenters. The third-order valence-electron chi connectivity index (χ3n) is 6.04. The number of benzene rings is 2. The van der Waals surface area contributed by atoms with Crippen LogP contribution in [0, 0.1) is 17.1 Å². The van der Waals surface area contributed by atoms with E-state index in [0.29, 0.717) is 21.6 Å². The fraction of sp³-hybridized carbons (Fsp3) is 0.240. The summed E-state index contributed by atoms with van der Waals surface area (Å²) in [5.74, 6) is 0.238. The third-order valence-corrected chi connectivity index (χ3v) is 7.07. The van der Waals surface area contributed by atoms with Gasteiger partial charge in [0.05, 0.1) is 11.2 Å². The van der Waals surface area contributed by atoms with Crippen molar-refractivity contribution in [1.29, 1.82) is 5.26 Å². The molecule has 0 radical (unpaired) electrons. The molecule has 1 aliphatic heterocycles. The maximum Gasteiger partial charge on any atom is 0.191 e. The average molecular weight is 444 g/mol. The molecule has 1 saturated heterocycles. The van der Waals surface area contributed by atoms with Gasteiger partial charge in [0.1, 0.15) is 22.5 Å². The summed E-state index contributed by atoms with van der Waals surface area (Å²) >= 11 is 1.33. The van der Waals surface area contributed by atoms with E-state index in [9.17, 15) is 9.65 Å². The van der Waals surface area contributed by atoms with Gasteiger partial charge in [0.15, 0.2) is 5.13 Å². The van der Waals surface area contributed by atoms with Crippen LogP contribution >= 0.6 is 11.3 Å². The second-order valence-electron chi connectivity index (χ2n) is 7.98. The van der Waals surface area contributed by atoms with Gasteiger partial charge < -0.3 is 10.2 Å². The summed E-state index contributed by atoms with van der Waals surface area (Å²) in [5, 5.41) is 14.9. The number of thiazole rings is 1. The number of pyridine rings is 1. The molecule has 4 aromatic rings. The molecule has 0 bridgehead atoms. The van der Waals surface area contributed by atoms with Gasteiger partial charge in [-0.2, -0.15) is 5.26 Å². The minimum atomic E-state index is -0.312. The number of hydrogen-bond donors (Lipinski definition) is 1. The zero-order chi connectivity index (χ0) is 22.1. The maximum absolute atomic E-state index is 13.4. The van der Waals surface area contributed by atoms with Crippen LogP contribution in [0.5, 0.6) is 0 Å². The second-order valence-corrected chi connectivity index (χ2v) is 8.96. The van der Waals surface area contributed by atoms with Gasteiger partial charge in [0.25, 0.3) is 0 Å². The van der Waals surface area contributed by atoms with Crippen molar-refractivity contribution in [2.75, 3.05) is 25.0 Å². The summed E-state index contributed by atoms with van der Waals surface area (Å²) in [6, 6.07) is 16.9. The van der Waals surface area contributed by atoms with Crippen LogP contribution in [0.15, 0.2) is 54.7 Å². The van der Waals surface area contributed by atoms with E-state index in [2.05, 4.69) is 34.6 Å². The molecule has 0 spiro atoms. The van der Waals surface area contributed by atoms with Crippen molar-refractivity contribution in [3.63, 3.8) is 0 Å². The van der Waals surface area contributed by atoms with Crippen molar-refractivity contribution in [2.45, 2.75) is 18.8 Å². The first-order valence-electron chi connectivity index (χ1n) is 10.6. The van der Waals surface area contributed by atoms with Crippen LogP contribution in [0.1, 0.15) is 29.2 Å². The van der Waals surface area contributed by atoms with E-state index < -0.39 is 0 Å². The van der Waals surface area contributed by atoms with Crippen LogP contribution < -0.4 is 10.2 Å². The molecule has 32 heavy (non-hydrogen) atoms. The molecule has 5 nitrogen and oxygen atoms in total. The largest absolute Gasteiger partial charge is 0.320 e. The first-order chi connectivity index (χ1) is 15.6. The van der Waals surface area contributed by atoms with Gasteiger partial charge in [-0.3, -0.25) is 4.98 Å². The number of fused-ring (bicyclic) bond motifs is 1. The molecular formula is C25H22FN5S. The predicted molar refractivity (Wildman–Crippen MR) is 127 cm³/mol. The number of nitriles is 1. The summed E-state index contributed by atoms with van der Waals surface area (Å²) in [7, 11) is 1.96. The van der Waals surface area contributed by atoms with Gasteiger partial charge in [0.2, 0.25) is 0 Å². The van der Waals surface area contributed by atoms with Crippen LogP contribution in [-0.4, -0.2) is 30.1 Å². The van der Waals surface area contributed by atoms with E-state index in [0.717, 1.165) is 48.1 Å². The standard InChI is InChI=1S/C25H22FN5S/c1-31(25-30-24(23(15-27)32-25)17-2-5-19(26)6-3-17)22-10-13-29-21-7-4-18(14-20(21)22)16-8-11-28-12-9-16/h2-7,10,13-14,16,28H,8-9,11-12H2,1H3. The Morgan fingerprint density at radius 1 is 1.12 bits per heavy atom. The number of anilines is 2. The molecule has 2 aromatic carbocycles. The Morgan fingerprint density at radius 3 is 2.66 bits per heavy atom. The zero-order valence-electron chi connectivity index (χ0n) is 17.7. The van der Waals surface area contributed by atoms with E-state index in [1.807, 2.05) is 18.0 Å². The van der Waals surface area contributed by atoms with Crippen molar-refractivity contribution < 1.29 is 4.39 Å². The molecule has 7 heteroatoms. The van der Waals surface area contributed by atoms with E-state index >= 15 is 0 Å². The predicted octanol–water partition coefficient (Wildman–Crippen LogP) is 5.60. The van der Waals surface area contributed by atoms with E-state index in [1.165, 1.54) is 29.0 Å². The van der Waals surface area contributed by atoms with E-state index in [1.54, 1.807) is 18.3 Å². The summed E-state index contributed by atoms with van der Waals surface area (Å²) in [4.78, 5) is 11.8. The fourth-order valence-corrected chi connectivity index (χ4v) is 5.15. The van der Waals surface area contributed by atoms with Crippen LogP contribution in [0.3, 0.4) is 0 Å². The number of hydrogen-bond acceptors (Lipinski definition) is 6. The summed E-state index contributed by atoms with van der Waals surface area (Å²) < 4.78 is 13.4. The highest BCUT2D eigenvalue weighted by atomic mass is 32.1. The lowest BCUT2D eigenvalue weighted by molar-refractivity contribution is 0.460. The Bertz CT molecular complexity index is 1300. The summed E-state index contributed by atoms with van der Waals surface area (Å²) in [6.07, 6.45) is 4.07. The minimum absolute atomic E-state index is 0.312. The van der Waals surface area contributed by atoms with Crippen molar-refractivity contribution in [3.8, 4) is 17.3 Å². The highest BCUT2D eigenvalue weighted by Crippen LogP contribution is 2.38. The highest BCUT2D eigenvalue weighted by molar-refractivity contribution is 7.16. The van der Waals surface area contributed by atoms with Gasteiger partial charge in [-0.05, 0) is 79.9 Å². The molecular weight excluding hydrogens is 421 g/mol. The van der Waals surface area contributed by atoms with Crippen LogP contribution in [0.2, 0.25) is 0 Å². The van der Waals surface area contributed by atoms with Gasteiger partial charge in [0, 0.05) is 24.2 Å². The van der Waals surface area contributed by atoms with Gasteiger partial charge in [-0.15, -0.1) is 0 Å². The molecule has 2 aromatic heterocycles. The quantitative estimate of drug-likeness (QED) is 0.444. The minimum Gasteiger partial charge on any atom is -0.320 e. The van der Waals surface area contributed by atoms with Crippen LogP contribution in [0.25, 0.3) is 22.2 Å². The molecule has 1 N–H and O–H groups in total. The Morgan fingerprint density at radius 2 is 1.91 bits per heavy atom. The lowest BCUT2D eigenvalue weighted by atomic mass is 9.89. The van der Waals surface area contributed by atoms with Gasteiger partial charge >= 0.3 is 0 Å². The van der Waals surface area contributed by atoms with Crippen LogP contribution in [0.4, 0.5) is 15.2 Å². The molecule has 0 amide bonds. The van der Waals surface area contributed by atoms with Gasteiger partial charge in [-0.1, -0.05) is 17.4 Å². The normalized spacial score (nSPS) is 14.4. The van der Waals surface area contributed by atoms with E-state index in [-0.39, 0.29) is 5.82 Å². The highest BCUT2D eigenvalue weighted by Gasteiger charge is 2.20. The first kappa shape index (κ1) is 20.6. The van der Waals surface area contributed by atoms with Gasteiger partial charge in [-0.25, -0.2) is 9.37 Å². The van der Waals surface area contributed by atoms with Crippen molar-refractivity contribution in [2.24, 2.45) is 0 Å². The lowest BCUT2D eigenvalue weighted by Crippen LogP contribution is -2.26. The lowest BCUT2D eigenvalue weighted by Gasteiger charge is -2.24. The number of nitrogens with zero attached hydrogens (tertiary/aromatic N) is 4. The molecule has 3 heterocycles. The number of halogens is 1. The topological polar surface area (TPSA) is 64.8 Å². The van der Waals surface area contributed by atoms with Crippen molar-refractivity contribution >= 4 is 33.1 Å². The SMILES string of the molecule is CN(c1nc(-c2ccc(F)cc2)c(C#N)s1)c1ccnc2ccc(C3CCNCC3)cc12. The Balaban J connectivity index is 1.55. The molecule has 0 aliphatic carbocycles. The smallest absolute Gasteiger partial charge is 0.191 e. The van der Waals surface area contributed by atoms with E-state index in [4.69, 9.17) is 4.98 Å². The molecule has 160 valence electrons. The summed E-state index contributed by atoms with van der Waals surface area (Å²) in [5.41, 5.74) is 4.57. The van der Waals surface area contributed by atoms with Crippen LogP contribution in [-0.2, 0) is 0 Å². The Hall–Kier alpha value is -3.34. The molecule has 0 atom stereocenters. The Labute approximate surface area is 190 Å². The number of nitrogens with one attached hydrogen (secondary N) is 1. The maximum atomic E-state index is 13.4. The van der Waals surface area contributed by atoms with Crippen molar-refractivity contribution in [1.82, 2.24) is 15.3 Å². The monoisotopic (exact) mass is 443 g/mol. The Kier molecular flexibility index (Phi) is 5.56. The average Bonchev–Trinajstić information content (AvgIpc) is 3.28. The molecule has 1 fully saturated rings. The number of aromatic nitrogens is 2. The third kappa shape index (κ3) is 3.83. The molecule has 1 aliphatic rings. The number of piperidine rings is 1. The molecule has 0 saturated carbocycles. The van der Waals surface area contributed by atoms with Crippen molar-refractivity contribution in [3.05, 3.63) is 71.0 Å². The zero-order valence-corrected chi connectivity index (χ0v) is 18.5. The first-order valence-corrected chi connectivity index (χ1v) is 11.5. The molecule has 5 rings (SSSR count). The fourth-order valence-electron chi connectivity index (χ4n) is 4.29. The summed E-state index contributed by atoms with van der Waals surface area (Å²) in [6.45, 7) is 2.09. The second kappa shape index (κ2) is 8.65. The number of rotatable bonds is 4.